The van der Waals surface area contributed by atoms with Crippen molar-refractivity contribution in [3.05, 3.63) is 59.7 Å². The summed E-state index contributed by atoms with van der Waals surface area (Å²) in [6.07, 6.45) is 1.26. The van der Waals surface area contributed by atoms with Gasteiger partial charge in [-0.05, 0) is 56.7 Å². The topological polar surface area (TPSA) is 130 Å². The first-order chi connectivity index (χ1) is 15.8. The van der Waals surface area contributed by atoms with E-state index in [2.05, 4.69) is 14.5 Å². The van der Waals surface area contributed by atoms with E-state index in [0.717, 1.165) is 16.9 Å². The van der Waals surface area contributed by atoms with Crippen LogP contribution in [-0.4, -0.2) is 53.1 Å². The minimum atomic E-state index is -2.39. The van der Waals surface area contributed by atoms with Gasteiger partial charge in [-0.1, -0.05) is 16.9 Å². The molecule has 3 atom stereocenters. The highest BCUT2D eigenvalue weighted by Crippen LogP contribution is 2.32. The first-order valence-corrected chi connectivity index (χ1v) is 14.2. The largest absolute Gasteiger partial charge is 0.555 e. The van der Waals surface area contributed by atoms with Crippen molar-refractivity contribution in [2.24, 2.45) is 5.10 Å². The zero-order valence-corrected chi connectivity index (χ0v) is 21.3. The number of nitrogens with zero attached hydrogens (tertiary/aromatic N) is 3. The molecule has 0 saturated carbocycles. The molecule has 0 heterocycles. The number of hydrazone groups is 1. The molecule has 0 radical (unpaired) electrons. The molecule has 2 N–H and O–H groups in total. The van der Waals surface area contributed by atoms with E-state index >= 15 is 0 Å². The van der Waals surface area contributed by atoms with Crippen molar-refractivity contribution in [3.8, 4) is 11.5 Å². The van der Waals surface area contributed by atoms with E-state index in [0.29, 0.717) is 5.75 Å². The van der Waals surface area contributed by atoms with Crippen molar-refractivity contribution in [3.63, 3.8) is 0 Å². The monoisotopic (exact) mass is 534 g/mol. The summed E-state index contributed by atoms with van der Waals surface area (Å²) in [5.41, 5.74) is 1.65. The van der Waals surface area contributed by atoms with E-state index < -0.39 is 23.1 Å². The smallest absolute Gasteiger partial charge is 0.497 e. The van der Waals surface area contributed by atoms with Gasteiger partial charge in [0.25, 0.3) is 0 Å². The number of ether oxygens (including phenoxy) is 1. The highest BCUT2D eigenvalue weighted by molar-refractivity contribution is 8.02. The molecule has 0 spiro atoms. The SMILES string of the molecule is COc1ccc(/C=N/N(C)[P+](=S)Oc2ccc(CN(C[P+](=O)OO)C[P+](=O)OO)cc2)cc1. The van der Waals surface area contributed by atoms with Crippen molar-refractivity contribution < 1.29 is 38.3 Å². The van der Waals surface area contributed by atoms with Gasteiger partial charge in [-0.3, -0.25) is 4.52 Å². The maximum Gasteiger partial charge on any atom is 0.555 e. The summed E-state index contributed by atoms with van der Waals surface area (Å²) in [7, 11) is -2.92. The lowest BCUT2D eigenvalue weighted by Crippen LogP contribution is -2.22. The van der Waals surface area contributed by atoms with Crippen molar-refractivity contribution in [2.45, 2.75) is 6.54 Å². The van der Waals surface area contributed by atoms with Gasteiger partial charge >= 0.3 is 23.1 Å². The fourth-order valence-electron chi connectivity index (χ4n) is 2.47. The van der Waals surface area contributed by atoms with E-state index in [1.165, 1.54) is 4.90 Å². The quantitative estimate of drug-likeness (QED) is 0.147. The summed E-state index contributed by atoms with van der Waals surface area (Å²) >= 11 is 5.41. The number of hydrogen-bond donors (Lipinski definition) is 2. The molecule has 2 aromatic carbocycles. The standard InChI is InChI=1S/C18H21N3O8P3S/c1-20(19-11-15-3-7-17(26-2)8-4-15)32(33)27-18-9-5-16(6-10-18)12-21(13-30(24)28-22)14-31(25)29-23/h3-11H,12-14H2,1-2H3/q+1/p+2/b19-11+. The third kappa shape index (κ3) is 9.81. The van der Waals surface area contributed by atoms with Crippen LogP contribution in [0.5, 0.6) is 11.5 Å². The van der Waals surface area contributed by atoms with E-state index in [4.69, 9.17) is 31.6 Å². The van der Waals surface area contributed by atoms with Gasteiger partial charge in [-0.15, -0.1) is 5.10 Å². The van der Waals surface area contributed by atoms with Crippen LogP contribution in [0.3, 0.4) is 0 Å². The average molecular weight is 534 g/mol. The summed E-state index contributed by atoms with van der Waals surface area (Å²) in [6, 6.07) is 14.3. The second kappa shape index (κ2) is 14.3. The second-order valence-electron chi connectivity index (χ2n) is 6.42. The summed E-state index contributed by atoms with van der Waals surface area (Å²) in [5, 5.41) is 21.4. The van der Waals surface area contributed by atoms with Gasteiger partial charge in [0, 0.05) is 15.9 Å². The van der Waals surface area contributed by atoms with Crippen LogP contribution in [-0.2, 0) is 36.8 Å². The van der Waals surface area contributed by atoms with Gasteiger partial charge in [0.05, 0.1) is 20.4 Å². The molecule has 3 unspecified atom stereocenters. The van der Waals surface area contributed by atoms with Crippen LogP contribution >= 0.6 is 23.1 Å². The fourth-order valence-corrected chi connectivity index (χ4v) is 4.72. The van der Waals surface area contributed by atoms with Gasteiger partial charge in [0.15, 0.2) is 5.75 Å². The molecule has 176 valence electrons. The molecule has 11 nitrogen and oxygen atoms in total. The number of hydrogen-bond acceptors (Lipinski definition) is 11. The molecule has 0 aliphatic heterocycles. The Morgan fingerprint density at radius 1 is 0.970 bits per heavy atom. The predicted molar refractivity (Wildman–Crippen MR) is 128 cm³/mol. The highest BCUT2D eigenvalue weighted by Gasteiger charge is 2.31. The van der Waals surface area contributed by atoms with Gasteiger partial charge in [-0.25, -0.2) is 15.4 Å². The predicted octanol–water partition coefficient (Wildman–Crippen LogP) is 4.99. The van der Waals surface area contributed by atoms with E-state index in [1.807, 2.05) is 24.3 Å². The molecule has 0 saturated heterocycles. The summed E-state index contributed by atoms with van der Waals surface area (Å²) in [4.78, 5) is 1.45. The Bertz CT molecular complexity index is 961. The summed E-state index contributed by atoms with van der Waals surface area (Å²) < 4.78 is 43.0. The molecule has 0 fully saturated rings. The van der Waals surface area contributed by atoms with Crippen LogP contribution in [0.15, 0.2) is 53.6 Å². The molecule has 2 aromatic rings. The van der Waals surface area contributed by atoms with E-state index in [9.17, 15) is 9.13 Å². The summed E-state index contributed by atoms with van der Waals surface area (Å²) in [5.74, 6) is 1.29. The average Bonchev–Trinajstić information content (AvgIpc) is 2.83. The maximum absolute atomic E-state index is 11.5. The van der Waals surface area contributed by atoms with Crippen molar-refractivity contribution in [2.75, 3.05) is 26.7 Å². The Morgan fingerprint density at radius 3 is 2.03 bits per heavy atom. The molecule has 0 aliphatic rings. The molecule has 2 rings (SSSR count). The lowest BCUT2D eigenvalue weighted by molar-refractivity contribution is -0.132. The Balaban J connectivity index is 1.94. The van der Waals surface area contributed by atoms with Crippen molar-refractivity contribution in [1.29, 1.82) is 0 Å². The second-order valence-corrected chi connectivity index (χ2v) is 10.8. The first kappa shape index (κ1) is 27.3. The number of benzene rings is 2. The first-order valence-electron chi connectivity index (χ1n) is 9.25. The van der Waals surface area contributed by atoms with Crippen LogP contribution in [0.4, 0.5) is 0 Å². The Morgan fingerprint density at radius 2 is 1.52 bits per heavy atom. The van der Waals surface area contributed by atoms with Crippen LogP contribution in [0.1, 0.15) is 11.1 Å². The molecule has 15 heteroatoms. The lowest BCUT2D eigenvalue weighted by atomic mass is 10.2. The van der Waals surface area contributed by atoms with Gasteiger partial charge in [-0.2, -0.15) is 0 Å². The van der Waals surface area contributed by atoms with Crippen molar-refractivity contribution >= 4 is 41.2 Å². The molecule has 0 bridgehead atoms. The minimum Gasteiger partial charge on any atom is -0.497 e. The van der Waals surface area contributed by atoms with Crippen LogP contribution in [0, 0.1) is 0 Å². The third-order valence-electron chi connectivity index (χ3n) is 4.05. The molecule has 33 heavy (non-hydrogen) atoms. The van der Waals surface area contributed by atoms with Gasteiger partial charge in [0.2, 0.25) is 24.4 Å². The van der Waals surface area contributed by atoms with Gasteiger partial charge in [0.1, 0.15) is 5.75 Å². The lowest BCUT2D eigenvalue weighted by Gasteiger charge is -2.11. The summed E-state index contributed by atoms with van der Waals surface area (Å²) in [6.45, 7) is 0.212. The van der Waals surface area contributed by atoms with Crippen LogP contribution in [0.25, 0.3) is 0 Å². The maximum atomic E-state index is 11.5. The molecular formula is C18H23N3O8P3S+3. The zero-order chi connectivity index (χ0) is 24.2. The molecule has 0 amide bonds. The minimum absolute atomic E-state index is 0.205. The Hall–Kier alpha value is -1.97. The molecular weight excluding hydrogens is 511 g/mol. The fraction of sp³-hybridized carbons (Fsp3) is 0.278. The highest BCUT2D eigenvalue weighted by atomic mass is 32.4. The van der Waals surface area contributed by atoms with E-state index in [1.54, 1.807) is 49.4 Å². The van der Waals surface area contributed by atoms with Crippen molar-refractivity contribution in [1.82, 2.24) is 9.68 Å². The molecule has 0 aromatic heterocycles. The van der Waals surface area contributed by atoms with Crippen LogP contribution < -0.4 is 9.26 Å². The van der Waals surface area contributed by atoms with Crippen LogP contribution in [0.2, 0.25) is 0 Å². The van der Waals surface area contributed by atoms with Gasteiger partial charge < -0.3 is 4.74 Å². The number of methoxy groups -OCH3 is 1. The molecule has 0 aliphatic carbocycles. The Kier molecular flexibility index (Phi) is 11.8. The normalized spacial score (nSPS) is 12.6. The third-order valence-corrected chi connectivity index (χ3v) is 7.55. The van der Waals surface area contributed by atoms with E-state index in [-0.39, 0.29) is 19.1 Å². The number of rotatable bonds is 14. The Labute approximate surface area is 198 Å². The zero-order valence-electron chi connectivity index (χ0n) is 17.8.